The summed E-state index contributed by atoms with van der Waals surface area (Å²) < 4.78 is 13.0. The van der Waals surface area contributed by atoms with E-state index in [1.54, 1.807) is 22.8 Å². The van der Waals surface area contributed by atoms with Gasteiger partial charge in [-0.15, -0.1) is 5.10 Å². The number of esters is 1. The molecule has 41 heavy (non-hydrogen) atoms. The van der Waals surface area contributed by atoms with E-state index < -0.39 is 0 Å². The number of halogens is 1. The van der Waals surface area contributed by atoms with Gasteiger partial charge in [-0.1, -0.05) is 78.5 Å². The smallest absolute Gasteiger partial charge is 0.338 e. The fourth-order valence-corrected chi connectivity index (χ4v) is 4.97. The molecule has 1 unspecified atom stereocenters. The summed E-state index contributed by atoms with van der Waals surface area (Å²) in [7, 11) is 0. The number of carbonyl (C=O) groups is 1. The van der Waals surface area contributed by atoms with Crippen LogP contribution in [0.2, 0.25) is 5.02 Å². The van der Waals surface area contributed by atoms with E-state index in [0.29, 0.717) is 40.3 Å². The second-order valence-corrected chi connectivity index (χ2v) is 12.5. The highest BCUT2D eigenvalue weighted by molar-refractivity contribution is 6.34. The molecule has 0 fully saturated rings. The van der Waals surface area contributed by atoms with E-state index in [9.17, 15) is 4.79 Å². The van der Waals surface area contributed by atoms with E-state index in [2.05, 4.69) is 62.0 Å². The number of ether oxygens (including phenoxy) is 2. The average molecular weight is 580 g/mol. The maximum Gasteiger partial charge on any atom is 0.338 e. The molecule has 8 nitrogen and oxygen atoms in total. The van der Waals surface area contributed by atoms with Crippen LogP contribution in [0.15, 0.2) is 48.5 Å². The molecule has 0 saturated heterocycles. The molecule has 0 aliphatic carbocycles. The highest BCUT2D eigenvalue weighted by atomic mass is 35.5. The number of aromatic nitrogens is 4. The standard InChI is InChI=1S/C32H42ClN5O3/c1-21(2)9-7-10-22(3)17-18-40-31(39)24-11-8-12-26(19-24)41-20-34-25-15-13-23(14-16-25)29-35-30-27(33)28(32(4,5)6)36-38(30)37-29/h8,11-16,19,21-22,34,36H,7,9-10,17-18,20H2,1-6H3. The van der Waals surface area contributed by atoms with Gasteiger partial charge in [0.2, 0.25) is 0 Å². The van der Waals surface area contributed by atoms with E-state index in [-0.39, 0.29) is 18.1 Å². The molecule has 1 atom stereocenters. The Morgan fingerprint density at radius 2 is 1.83 bits per heavy atom. The Bertz CT molecular complexity index is 1440. The fourth-order valence-electron chi connectivity index (χ4n) is 4.53. The lowest BCUT2D eigenvalue weighted by Crippen LogP contribution is -2.13. The molecule has 2 heterocycles. The van der Waals surface area contributed by atoms with Crippen molar-refractivity contribution in [2.75, 3.05) is 18.7 Å². The van der Waals surface area contributed by atoms with Gasteiger partial charge < -0.3 is 14.8 Å². The van der Waals surface area contributed by atoms with Gasteiger partial charge in [0.1, 0.15) is 10.8 Å². The number of rotatable bonds is 13. The molecule has 0 radical (unpaired) electrons. The second kappa shape index (κ2) is 13.4. The maximum absolute atomic E-state index is 12.5. The third-order valence-corrected chi connectivity index (χ3v) is 7.40. The molecule has 2 aromatic heterocycles. The van der Waals surface area contributed by atoms with Crippen LogP contribution in [0.5, 0.6) is 5.75 Å². The SMILES string of the molecule is CC(C)CCCC(C)CCOC(=O)c1cccc(OCNc2ccc(-c3nc4c(Cl)c(C(C)(C)C)[nH]n4n3)cc2)c1. The minimum absolute atomic E-state index is 0.134. The van der Waals surface area contributed by atoms with Crippen molar-refractivity contribution in [2.24, 2.45) is 11.8 Å². The number of hydrogen-bond acceptors (Lipinski definition) is 6. The highest BCUT2D eigenvalue weighted by Gasteiger charge is 2.24. The van der Waals surface area contributed by atoms with Crippen LogP contribution in [0.25, 0.3) is 17.0 Å². The van der Waals surface area contributed by atoms with Crippen LogP contribution < -0.4 is 10.1 Å². The first kappa shape index (κ1) is 30.4. The molecule has 0 spiro atoms. The molecule has 220 valence electrons. The zero-order valence-corrected chi connectivity index (χ0v) is 25.7. The predicted molar refractivity (Wildman–Crippen MR) is 165 cm³/mol. The summed E-state index contributed by atoms with van der Waals surface area (Å²) in [5, 5.41) is 11.6. The molecule has 4 rings (SSSR count). The van der Waals surface area contributed by atoms with Gasteiger partial charge in [-0.3, -0.25) is 5.10 Å². The summed E-state index contributed by atoms with van der Waals surface area (Å²) in [4.78, 5) is 17.2. The van der Waals surface area contributed by atoms with Crippen LogP contribution >= 0.6 is 11.6 Å². The number of carbonyl (C=O) groups excluding carboxylic acids is 1. The lowest BCUT2D eigenvalue weighted by atomic mass is 9.92. The van der Waals surface area contributed by atoms with Crippen LogP contribution in [-0.4, -0.2) is 39.1 Å². The van der Waals surface area contributed by atoms with Gasteiger partial charge in [0.25, 0.3) is 0 Å². The number of aromatic amines is 1. The van der Waals surface area contributed by atoms with Crippen molar-refractivity contribution in [3.05, 3.63) is 64.8 Å². The summed E-state index contributed by atoms with van der Waals surface area (Å²) in [6, 6.07) is 14.8. The van der Waals surface area contributed by atoms with Crippen LogP contribution in [-0.2, 0) is 10.2 Å². The minimum atomic E-state index is -0.325. The largest absolute Gasteiger partial charge is 0.473 e. The maximum atomic E-state index is 12.5. The average Bonchev–Trinajstić information content (AvgIpc) is 3.48. The topological polar surface area (TPSA) is 93.5 Å². The number of hydrogen-bond donors (Lipinski definition) is 2. The Morgan fingerprint density at radius 1 is 1.07 bits per heavy atom. The molecule has 0 bridgehead atoms. The van der Waals surface area contributed by atoms with Gasteiger partial charge in [0.15, 0.2) is 18.2 Å². The van der Waals surface area contributed by atoms with Crippen LogP contribution in [0.1, 0.15) is 83.3 Å². The fraction of sp³-hybridized carbons (Fsp3) is 0.469. The molecule has 4 aromatic rings. The third-order valence-electron chi connectivity index (χ3n) is 7.04. The predicted octanol–water partition coefficient (Wildman–Crippen LogP) is 8.13. The lowest BCUT2D eigenvalue weighted by Gasteiger charge is -2.16. The molecule has 0 aliphatic rings. The summed E-state index contributed by atoms with van der Waals surface area (Å²) in [6.07, 6.45) is 4.50. The summed E-state index contributed by atoms with van der Waals surface area (Å²) in [6.45, 7) is 13.6. The molecular weight excluding hydrogens is 538 g/mol. The zero-order valence-electron chi connectivity index (χ0n) is 25.0. The van der Waals surface area contributed by atoms with E-state index in [1.807, 2.05) is 30.3 Å². The lowest BCUT2D eigenvalue weighted by molar-refractivity contribution is 0.0483. The highest BCUT2D eigenvalue weighted by Crippen LogP contribution is 2.32. The Kier molecular flexibility index (Phi) is 9.97. The Balaban J connectivity index is 1.24. The Labute approximate surface area is 247 Å². The molecule has 0 amide bonds. The van der Waals surface area contributed by atoms with E-state index in [1.165, 1.54) is 19.3 Å². The van der Waals surface area contributed by atoms with Crippen LogP contribution in [0.3, 0.4) is 0 Å². The van der Waals surface area contributed by atoms with Crippen molar-refractivity contribution in [3.63, 3.8) is 0 Å². The summed E-state index contributed by atoms with van der Waals surface area (Å²) in [5.41, 5.74) is 3.62. The second-order valence-electron chi connectivity index (χ2n) is 12.1. The number of H-pyrrole nitrogens is 1. The molecule has 0 saturated carbocycles. The number of nitrogens with zero attached hydrogens (tertiary/aromatic N) is 3. The van der Waals surface area contributed by atoms with E-state index >= 15 is 0 Å². The molecule has 0 aliphatic heterocycles. The van der Waals surface area contributed by atoms with E-state index in [4.69, 9.17) is 21.1 Å². The molecule has 9 heteroatoms. The van der Waals surface area contributed by atoms with Crippen molar-refractivity contribution < 1.29 is 14.3 Å². The minimum Gasteiger partial charge on any atom is -0.473 e. The third kappa shape index (κ3) is 8.26. The molecule has 2 N–H and O–H groups in total. The number of nitrogens with one attached hydrogen (secondary N) is 2. The monoisotopic (exact) mass is 579 g/mol. The van der Waals surface area contributed by atoms with Crippen molar-refractivity contribution in [3.8, 4) is 17.1 Å². The van der Waals surface area contributed by atoms with Gasteiger partial charge in [-0.2, -0.15) is 4.63 Å². The quantitative estimate of drug-likeness (QED) is 0.123. The summed E-state index contributed by atoms with van der Waals surface area (Å²) in [5.74, 6) is 2.13. The first-order chi connectivity index (χ1) is 19.5. The summed E-state index contributed by atoms with van der Waals surface area (Å²) >= 11 is 6.56. The van der Waals surface area contributed by atoms with Gasteiger partial charge in [0, 0.05) is 16.7 Å². The van der Waals surface area contributed by atoms with Gasteiger partial charge in [-0.25, -0.2) is 9.78 Å². The first-order valence-electron chi connectivity index (χ1n) is 14.4. The van der Waals surface area contributed by atoms with Crippen LogP contribution in [0, 0.1) is 11.8 Å². The first-order valence-corrected chi connectivity index (χ1v) is 14.8. The zero-order chi connectivity index (χ0) is 29.6. The number of anilines is 1. The Morgan fingerprint density at radius 3 is 2.51 bits per heavy atom. The van der Waals surface area contributed by atoms with Crippen LogP contribution in [0.4, 0.5) is 5.69 Å². The van der Waals surface area contributed by atoms with Gasteiger partial charge in [-0.05, 0) is 60.7 Å². The van der Waals surface area contributed by atoms with Crippen molar-refractivity contribution in [1.82, 2.24) is 19.8 Å². The molecular formula is C32H42ClN5O3. The van der Waals surface area contributed by atoms with Crippen molar-refractivity contribution in [1.29, 1.82) is 0 Å². The number of benzene rings is 2. The van der Waals surface area contributed by atoms with Gasteiger partial charge in [0.05, 0.1) is 17.9 Å². The van der Waals surface area contributed by atoms with Crippen molar-refractivity contribution in [2.45, 2.75) is 72.6 Å². The normalized spacial score (nSPS) is 12.6. The van der Waals surface area contributed by atoms with Gasteiger partial charge >= 0.3 is 5.97 Å². The van der Waals surface area contributed by atoms with E-state index in [0.717, 1.165) is 29.3 Å². The van der Waals surface area contributed by atoms with Crippen molar-refractivity contribution >= 4 is 28.9 Å². The molecule has 2 aromatic carbocycles. The number of fused-ring (bicyclic) bond motifs is 1. The Hall–Kier alpha value is -3.52.